The van der Waals surface area contributed by atoms with E-state index in [-0.39, 0.29) is 5.41 Å². The Morgan fingerprint density at radius 3 is 2.10 bits per heavy atom. The van der Waals surface area contributed by atoms with Gasteiger partial charge in [0.15, 0.2) is 0 Å². The third-order valence-corrected chi connectivity index (χ3v) is 9.20. The van der Waals surface area contributed by atoms with Crippen LogP contribution in [0.4, 0.5) is 0 Å². The van der Waals surface area contributed by atoms with Gasteiger partial charge in [-0.15, -0.1) is 0 Å². The topological polar surface area (TPSA) is 18.1 Å². The Balaban J connectivity index is 1.28. The fraction of sp³-hybridized carbons (Fsp3) is 0.0769. The molecule has 1 aliphatic rings. The second-order valence-electron chi connectivity index (χ2n) is 11.8. The number of benzene rings is 6. The molecule has 0 amide bonds. The second-order valence-corrected chi connectivity index (χ2v) is 11.8. The molecule has 8 aromatic rings. The molecule has 0 unspecified atom stereocenters. The summed E-state index contributed by atoms with van der Waals surface area (Å²) in [5.41, 5.74) is 13.1. The van der Waals surface area contributed by atoms with Crippen LogP contribution in [-0.2, 0) is 5.41 Å². The monoisotopic (exact) mass is 525 g/mol. The van der Waals surface area contributed by atoms with E-state index in [2.05, 4.69) is 140 Å². The van der Waals surface area contributed by atoms with Crippen LogP contribution in [0, 0.1) is 0 Å². The summed E-state index contributed by atoms with van der Waals surface area (Å²) in [5, 5.41) is 4.89. The summed E-state index contributed by atoms with van der Waals surface area (Å²) in [5.74, 6) is 0. The fourth-order valence-corrected chi connectivity index (χ4v) is 7.21. The van der Waals surface area contributed by atoms with Crippen LogP contribution in [0.25, 0.3) is 71.7 Å². The minimum absolute atomic E-state index is 0.0938. The van der Waals surface area contributed by atoms with Gasteiger partial charge in [0, 0.05) is 38.2 Å². The summed E-state index contributed by atoms with van der Waals surface area (Å²) in [6.07, 6.45) is 0. The SMILES string of the molecule is CC1(C)c2ccc(-c3ccc4c(c3)c3ccccc3n4-c3ccccc3)cc2-c2c1ccc1c2oc2ccccc21. The lowest BCUT2D eigenvalue weighted by molar-refractivity contribution is 0.653. The Morgan fingerprint density at radius 1 is 0.537 bits per heavy atom. The van der Waals surface area contributed by atoms with Gasteiger partial charge < -0.3 is 8.98 Å². The molecule has 0 spiro atoms. The van der Waals surface area contributed by atoms with Gasteiger partial charge in [0.1, 0.15) is 11.2 Å². The Morgan fingerprint density at radius 2 is 1.22 bits per heavy atom. The lowest BCUT2D eigenvalue weighted by Crippen LogP contribution is -2.14. The maximum Gasteiger partial charge on any atom is 0.143 e. The van der Waals surface area contributed by atoms with Gasteiger partial charge in [0.05, 0.1) is 11.0 Å². The molecule has 9 rings (SSSR count). The first-order chi connectivity index (χ1) is 20.1. The third-order valence-electron chi connectivity index (χ3n) is 9.20. The van der Waals surface area contributed by atoms with E-state index in [1.807, 2.05) is 6.07 Å². The Hall–Kier alpha value is -5.08. The van der Waals surface area contributed by atoms with E-state index < -0.39 is 0 Å². The van der Waals surface area contributed by atoms with Crippen LogP contribution < -0.4 is 0 Å². The average molecular weight is 526 g/mol. The number of hydrogen-bond donors (Lipinski definition) is 0. The van der Waals surface area contributed by atoms with Crippen molar-refractivity contribution in [3.05, 3.63) is 139 Å². The number of aromatic nitrogens is 1. The van der Waals surface area contributed by atoms with Gasteiger partial charge in [-0.25, -0.2) is 0 Å². The molecule has 0 atom stereocenters. The predicted molar refractivity (Wildman–Crippen MR) is 171 cm³/mol. The lowest BCUT2D eigenvalue weighted by atomic mass is 9.82. The number of hydrogen-bond acceptors (Lipinski definition) is 1. The van der Waals surface area contributed by atoms with Crippen LogP contribution in [0.15, 0.2) is 132 Å². The summed E-state index contributed by atoms with van der Waals surface area (Å²) in [6.45, 7) is 4.66. The Bertz CT molecular complexity index is 2330. The van der Waals surface area contributed by atoms with E-state index in [0.717, 1.165) is 11.2 Å². The van der Waals surface area contributed by atoms with E-state index >= 15 is 0 Å². The summed E-state index contributed by atoms with van der Waals surface area (Å²) in [6, 6.07) is 46.2. The zero-order valence-corrected chi connectivity index (χ0v) is 23.0. The quantitative estimate of drug-likeness (QED) is 0.219. The zero-order chi connectivity index (χ0) is 27.3. The van der Waals surface area contributed by atoms with Gasteiger partial charge in [-0.1, -0.05) is 98.8 Å². The van der Waals surface area contributed by atoms with Crippen molar-refractivity contribution in [1.82, 2.24) is 4.57 Å². The predicted octanol–water partition coefficient (Wildman–Crippen LogP) is 10.7. The Labute approximate surface area is 238 Å². The van der Waals surface area contributed by atoms with Crippen LogP contribution in [-0.4, -0.2) is 4.57 Å². The maximum absolute atomic E-state index is 6.54. The molecular formula is C39H27NO. The molecule has 0 aliphatic heterocycles. The average Bonchev–Trinajstić information content (AvgIpc) is 3.63. The first-order valence-corrected chi connectivity index (χ1v) is 14.3. The highest BCUT2D eigenvalue weighted by Crippen LogP contribution is 2.53. The standard InChI is InChI=1S/C39H27NO/c1-39(2)32-19-16-24(23-31(32)37-33(39)20-18-29-28-13-7-9-15-36(28)41-38(29)37)25-17-21-35-30(22-25)27-12-6-8-14-34(27)40(35)26-10-4-3-5-11-26/h3-23H,1-2H3. The number of furan rings is 1. The van der Waals surface area contributed by atoms with E-state index in [1.165, 1.54) is 71.6 Å². The number of fused-ring (bicyclic) bond motifs is 10. The van der Waals surface area contributed by atoms with Crippen LogP contribution in [0.3, 0.4) is 0 Å². The van der Waals surface area contributed by atoms with E-state index in [1.54, 1.807) is 0 Å². The highest BCUT2D eigenvalue weighted by molar-refractivity contribution is 6.13. The smallest absolute Gasteiger partial charge is 0.143 e. The van der Waals surface area contributed by atoms with Crippen molar-refractivity contribution in [3.8, 4) is 27.9 Å². The van der Waals surface area contributed by atoms with Gasteiger partial charge in [-0.3, -0.25) is 0 Å². The van der Waals surface area contributed by atoms with Gasteiger partial charge in [-0.05, 0) is 70.3 Å². The summed E-state index contributed by atoms with van der Waals surface area (Å²) in [4.78, 5) is 0. The molecule has 41 heavy (non-hydrogen) atoms. The third kappa shape index (κ3) is 3.02. The molecule has 0 saturated carbocycles. The molecule has 0 fully saturated rings. The van der Waals surface area contributed by atoms with Crippen LogP contribution in [0.5, 0.6) is 0 Å². The van der Waals surface area contributed by atoms with E-state index in [4.69, 9.17) is 4.42 Å². The second kappa shape index (κ2) is 7.99. The van der Waals surface area contributed by atoms with Gasteiger partial charge in [0.2, 0.25) is 0 Å². The molecule has 6 aromatic carbocycles. The van der Waals surface area contributed by atoms with Crippen LogP contribution in [0.2, 0.25) is 0 Å². The molecule has 0 N–H and O–H groups in total. The summed E-state index contributed by atoms with van der Waals surface area (Å²) < 4.78 is 8.91. The molecule has 0 radical (unpaired) electrons. The van der Waals surface area contributed by atoms with Crippen molar-refractivity contribution in [3.63, 3.8) is 0 Å². The van der Waals surface area contributed by atoms with Crippen molar-refractivity contribution >= 4 is 43.7 Å². The normalized spacial score (nSPS) is 13.8. The van der Waals surface area contributed by atoms with Gasteiger partial charge in [-0.2, -0.15) is 0 Å². The lowest BCUT2D eigenvalue weighted by Gasteiger charge is -2.21. The van der Waals surface area contributed by atoms with E-state index in [9.17, 15) is 0 Å². The minimum Gasteiger partial charge on any atom is -0.455 e. The molecule has 0 bridgehead atoms. The van der Waals surface area contributed by atoms with Crippen molar-refractivity contribution in [1.29, 1.82) is 0 Å². The van der Waals surface area contributed by atoms with Crippen molar-refractivity contribution in [2.45, 2.75) is 19.3 Å². The number of nitrogens with zero attached hydrogens (tertiary/aromatic N) is 1. The number of para-hydroxylation sites is 3. The molecule has 1 aliphatic carbocycles. The van der Waals surface area contributed by atoms with Crippen molar-refractivity contribution in [2.75, 3.05) is 0 Å². The Kier molecular flexibility index (Phi) is 4.42. The first-order valence-electron chi connectivity index (χ1n) is 14.3. The van der Waals surface area contributed by atoms with Gasteiger partial charge in [0.25, 0.3) is 0 Å². The molecule has 2 heteroatoms. The van der Waals surface area contributed by atoms with Gasteiger partial charge >= 0.3 is 0 Å². The molecule has 2 heterocycles. The van der Waals surface area contributed by atoms with Crippen molar-refractivity contribution < 1.29 is 4.42 Å². The number of rotatable bonds is 2. The van der Waals surface area contributed by atoms with Crippen LogP contribution in [0.1, 0.15) is 25.0 Å². The minimum atomic E-state index is -0.0938. The molecular weight excluding hydrogens is 498 g/mol. The molecule has 2 nitrogen and oxygen atoms in total. The van der Waals surface area contributed by atoms with Crippen molar-refractivity contribution in [2.24, 2.45) is 0 Å². The molecule has 194 valence electrons. The van der Waals surface area contributed by atoms with E-state index in [0.29, 0.717) is 0 Å². The zero-order valence-electron chi connectivity index (χ0n) is 23.0. The maximum atomic E-state index is 6.54. The summed E-state index contributed by atoms with van der Waals surface area (Å²) in [7, 11) is 0. The molecule has 0 saturated heterocycles. The highest BCUT2D eigenvalue weighted by Gasteiger charge is 2.37. The molecule has 2 aromatic heterocycles. The fourth-order valence-electron chi connectivity index (χ4n) is 7.21. The first kappa shape index (κ1) is 22.7. The highest BCUT2D eigenvalue weighted by atomic mass is 16.3. The van der Waals surface area contributed by atoms with Crippen LogP contribution >= 0.6 is 0 Å². The summed E-state index contributed by atoms with van der Waals surface area (Å²) >= 11 is 0. The largest absolute Gasteiger partial charge is 0.455 e.